The fourth-order valence-corrected chi connectivity index (χ4v) is 8.09. The quantitative estimate of drug-likeness (QED) is 0.201. The average Bonchev–Trinajstić information content (AvgIpc) is 3.52. The predicted molar refractivity (Wildman–Crippen MR) is 173 cm³/mol. The van der Waals surface area contributed by atoms with Gasteiger partial charge < -0.3 is 4.57 Å². The Balaban J connectivity index is 1.39. The second-order valence-corrected chi connectivity index (χ2v) is 13.0. The van der Waals surface area contributed by atoms with Crippen LogP contribution in [-0.2, 0) is 10.8 Å². The van der Waals surface area contributed by atoms with E-state index < -0.39 is 0 Å². The van der Waals surface area contributed by atoms with Crippen LogP contribution in [0, 0.1) is 0 Å². The van der Waals surface area contributed by atoms with Crippen LogP contribution < -0.4 is 0 Å². The first-order valence-corrected chi connectivity index (χ1v) is 14.7. The number of fused-ring (bicyclic) bond motifs is 10. The molecule has 6 aromatic carbocycles. The second kappa shape index (κ2) is 7.56. The highest BCUT2D eigenvalue weighted by Gasteiger charge is 2.38. The Bertz CT molecular complexity index is 2260. The summed E-state index contributed by atoms with van der Waals surface area (Å²) in [5.41, 5.74) is 14.9. The van der Waals surface area contributed by atoms with E-state index >= 15 is 0 Å². The Morgan fingerprint density at radius 1 is 0.439 bits per heavy atom. The third kappa shape index (κ3) is 2.81. The maximum Gasteiger partial charge on any atom is 0.0547 e. The Hall–Kier alpha value is -4.62. The lowest BCUT2D eigenvalue weighted by Crippen LogP contribution is -2.15. The molecule has 0 saturated carbocycles. The molecule has 0 radical (unpaired) electrons. The molecule has 0 N–H and O–H groups in total. The van der Waals surface area contributed by atoms with Crippen LogP contribution in [0.2, 0.25) is 0 Å². The maximum atomic E-state index is 2.52. The van der Waals surface area contributed by atoms with Crippen molar-refractivity contribution in [2.24, 2.45) is 0 Å². The smallest absolute Gasteiger partial charge is 0.0547 e. The van der Waals surface area contributed by atoms with Gasteiger partial charge in [0.1, 0.15) is 0 Å². The Morgan fingerprint density at radius 3 is 1.90 bits per heavy atom. The summed E-state index contributed by atoms with van der Waals surface area (Å²) < 4.78 is 2.52. The highest BCUT2D eigenvalue weighted by molar-refractivity contribution is 6.15. The van der Waals surface area contributed by atoms with Crippen molar-refractivity contribution < 1.29 is 0 Å². The standard InChI is InChI=1S/C40H31N/c1-39(2)32-16-9-6-14-28(32)38-33(39)17-11-19-36(38)41-35-18-10-7-13-27(35)30-21-24-20-29-26-12-5-8-15-31(26)40(3,4)34(29)22-25(24)23-37(30)41/h5-23H,1-4H3. The maximum absolute atomic E-state index is 2.52. The lowest BCUT2D eigenvalue weighted by molar-refractivity contribution is 0.660. The van der Waals surface area contributed by atoms with Crippen molar-refractivity contribution in [3.63, 3.8) is 0 Å². The van der Waals surface area contributed by atoms with Gasteiger partial charge in [0, 0.05) is 27.2 Å². The fraction of sp³-hybridized carbons (Fsp3) is 0.150. The number of benzene rings is 6. The number of para-hydroxylation sites is 1. The molecule has 0 saturated heterocycles. The van der Waals surface area contributed by atoms with Gasteiger partial charge in [0.05, 0.1) is 16.7 Å². The minimum Gasteiger partial charge on any atom is -0.309 e. The second-order valence-electron chi connectivity index (χ2n) is 13.0. The summed E-state index contributed by atoms with van der Waals surface area (Å²) in [6.07, 6.45) is 0. The van der Waals surface area contributed by atoms with Crippen molar-refractivity contribution in [3.8, 4) is 27.9 Å². The van der Waals surface area contributed by atoms with Crippen molar-refractivity contribution in [1.29, 1.82) is 0 Å². The highest BCUT2D eigenvalue weighted by atomic mass is 15.0. The summed E-state index contributed by atoms with van der Waals surface area (Å²) >= 11 is 0. The molecule has 1 nitrogen and oxygen atoms in total. The van der Waals surface area contributed by atoms with Crippen LogP contribution in [-0.4, -0.2) is 4.57 Å². The Morgan fingerprint density at radius 2 is 1.07 bits per heavy atom. The molecule has 0 atom stereocenters. The van der Waals surface area contributed by atoms with Crippen LogP contribution in [0.15, 0.2) is 115 Å². The molecule has 2 aliphatic carbocycles. The molecular formula is C40H31N. The average molecular weight is 526 g/mol. The van der Waals surface area contributed by atoms with E-state index in [2.05, 4.69) is 148 Å². The van der Waals surface area contributed by atoms with Crippen LogP contribution >= 0.6 is 0 Å². The normalized spacial score (nSPS) is 15.7. The third-order valence-electron chi connectivity index (χ3n) is 10.2. The lowest BCUT2D eigenvalue weighted by atomic mass is 9.82. The molecule has 0 bridgehead atoms. The summed E-state index contributed by atoms with van der Waals surface area (Å²) in [5.74, 6) is 0. The molecule has 2 aliphatic rings. The van der Waals surface area contributed by atoms with Crippen LogP contribution in [0.4, 0.5) is 0 Å². The molecule has 1 aromatic heterocycles. The number of rotatable bonds is 1. The molecule has 0 unspecified atom stereocenters. The molecule has 7 aromatic rings. The molecule has 0 spiro atoms. The minimum absolute atomic E-state index is 0.0165. The van der Waals surface area contributed by atoms with Crippen LogP contribution in [0.25, 0.3) is 60.5 Å². The largest absolute Gasteiger partial charge is 0.309 e. The summed E-state index contributed by atoms with van der Waals surface area (Å²) in [4.78, 5) is 0. The van der Waals surface area contributed by atoms with Gasteiger partial charge in [0.15, 0.2) is 0 Å². The van der Waals surface area contributed by atoms with Gasteiger partial charge in [-0.2, -0.15) is 0 Å². The molecule has 1 heterocycles. The number of hydrogen-bond acceptors (Lipinski definition) is 0. The van der Waals surface area contributed by atoms with E-state index in [0.717, 1.165) is 0 Å². The first kappa shape index (κ1) is 23.1. The summed E-state index contributed by atoms with van der Waals surface area (Å²) in [7, 11) is 0. The summed E-state index contributed by atoms with van der Waals surface area (Å²) in [5, 5.41) is 5.21. The van der Waals surface area contributed by atoms with Gasteiger partial charge in [0.2, 0.25) is 0 Å². The van der Waals surface area contributed by atoms with E-state index in [-0.39, 0.29) is 10.8 Å². The van der Waals surface area contributed by atoms with E-state index in [4.69, 9.17) is 0 Å². The van der Waals surface area contributed by atoms with Crippen molar-refractivity contribution in [2.45, 2.75) is 38.5 Å². The van der Waals surface area contributed by atoms with Crippen molar-refractivity contribution in [1.82, 2.24) is 4.57 Å². The van der Waals surface area contributed by atoms with E-state index in [1.165, 1.54) is 82.8 Å². The molecule has 41 heavy (non-hydrogen) atoms. The number of nitrogens with zero attached hydrogens (tertiary/aromatic N) is 1. The molecule has 196 valence electrons. The molecule has 1 heteroatoms. The highest BCUT2D eigenvalue weighted by Crippen LogP contribution is 2.53. The zero-order valence-electron chi connectivity index (χ0n) is 23.9. The Kier molecular flexibility index (Phi) is 4.26. The van der Waals surface area contributed by atoms with Gasteiger partial charge in [-0.05, 0) is 86.1 Å². The van der Waals surface area contributed by atoms with Crippen molar-refractivity contribution >= 4 is 32.6 Å². The monoisotopic (exact) mass is 525 g/mol. The minimum atomic E-state index is -0.0332. The fourth-order valence-electron chi connectivity index (χ4n) is 8.09. The summed E-state index contributed by atoms with van der Waals surface area (Å²) in [6, 6.07) is 43.5. The molecule has 0 amide bonds. The zero-order chi connectivity index (χ0) is 27.7. The third-order valence-corrected chi connectivity index (χ3v) is 10.2. The van der Waals surface area contributed by atoms with Gasteiger partial charge >= 0.3 is 0 Å². The van der Waals surface area contributed by atoms with Gasteiger partial charge in [-0.15, -0.1) is 0 Å². The zero-order valence-corrected chi connectivity index (χ0v) is 23.9. The van der Waals surface area contributed by atoms with Gasteiger partial charge in [0.25, 0.3) is 0 Å². The first-order chi connectivity index (χ1) is 19.9. The van der Waals surface area contributed by atoms with Crippen LogP contribution in [0.3, 0.4) is 0 Å². The molecule has 0 fully saturated rings. The molecule has 0 aliphatic heterocycles. The SMILES string of the molecule is CC1(C)c2ccccc2-c2cc3cc4c5ccccc5n(-c5cccc6c5-c5ccccc5C6(C)C)c4cc3cc21. The summed E-state index contributed by atoms with van der Waals surface area (Å²) in [6.45, 7) is 9.46. The van der Waals surface area contributed by atoms with E-state index in [1.807, 2.05) is 0 Å². The van der Waals surface area contributed by atoms with E-state index in [1.54, 1.807) is 0 Å². The van der Waals surface area contributed by atoms with Crippen LogP contribution in [0.5, 0.6) is 0 Å². The first-order valence-electron chi connectivity index (χ1n) is 14.7. The number of aromatic nitrogens is 1. The van der Waals surface area contributed by atoms with Gasteiger partial charge in [-0.25, -0.2) is 0 Å². The Labute approximate surface area is 240 Å². The van der Waals surface area contributed by atoms with Gasteiger partial charge in [-0.1, -0.05) is 107 Å². The topological polar surface area (TPSA) is 4.93 Å². The van der Waals surface area contributed by atoms with Crippen molar-refractivity contribution in [3.05, 3.63) is 138 Å². The predicted octanol–water partition coefficient (Wildman–Crippen LogP) is 10.5. The lowest BCUT2D eigenvalue weighted by Gasteiger charge is -2.22. The van der Waals surface area contributed by atoms with E-state index in [0.29, 0.717) is 0 Å². The molecule has 9 rings (SSSR count). The molecular weight excluding hydrogens is 494 g/mol. The van der Waals surface area contributed by atoms with Gasteiger partial charge in [-0.3, -0.25) is 0 Å². The van der Waals surface area contributed by atoms with E-state index in [9.17, 15) is 0 Å². The number of hydrogen-bond donors (Lipinski definition) is 0. The van der Waals surface area contributed by atoms with Crippen LogP contribution in [0.1, 0.15) is 49.9 Å². The van der Waals surface area contributed by atoms with Crippen molar-refractivity contribution in [2.75, 3.05) is 0 Å².